The molecule has 2 aromatic rings. The zero-order valence-electron chi connectivity index (χ0n) is 9.70. The molecule has 1 aromatic carbocycles. The van der Waals surface area contributed by atoms with Crippen molar-refractivity contribution in [2.75, 3.05) is 4.72 Å². The molecule has 2 nitrogen and oxygen atoms in total. The lowest BCUT2D eigenvalue weighted by Crippen LogP contribution is -1.90. The van der Waals surface area contributed by atoms with E-state index in [1.165, 1.54) is 23.1 Å². The molecule has 0 amide bonds. The second-order valence-corrected chi connectivity index (χ2v) is 5.00. The Kier molecular flexibility index (Phi) is 3.92. The minimum Gasteiger partial charge on any atom is -0.326 e. The van der Waals surface area contributed by atoms with E-state index in [1.807, 2.05) is 12.1 Å². The van der Waals surface area contributed by atoms with Crippen LogP contribution < -0.4 is 4.72 Å². The molecule has 0 radical (unpaired) electrons. The lowest BCUT2D eigenvalue weighted by atomic mass is 10.1. The van der Waals surface area contributed by atoms with E-state index < -0.39 is 0 Å². The van der Waals surface area contributed by atoms with Gasteiger partial charge in [0.05, 0.1) is 4.90 Å². The number of aromatic nitrogens is 1. The van der Waals surface area contributed by atoms with E-state index in [1.54, 1.807) is 6.20 Å². The number of hydrogen-bond acceptors (Lipinski definition) is 3. The summed E-state index contributed by atoms with van der Waals surface area (Å²) in [5.41, 5.74) is 3.63. The Hall–Kier alpha value is -1.19. The summed E-state index contributed by atoms with van der Waals surface area (Å²) in [7, 11) is 0. The molecule has 0 atom stereocenters. The first kappa shape index (κ1) is 12.3. The molecule has 88 valence electrons. The summed E-state index contributed by atoms with van der Waals surface area (Å²) >= 11 is 7.45. The van der Waals surface area contributed by atoms with Crippen LogP contribution in [-0.4, -0.2) is 4.98 Å². The van der Waals surface area contributed by atoms with E-state index >= 15 is 0 Å². The molecule has 0 spiro atoms. The van der Waals surface area contributed by atoms with Crippen molar-refractivity contribution in [2.45, 2.75) is 18.7 Å². The largest absolute Gasteiger partial charge is 0.326 e. The van der Waals surface area contributed by atoms with Gasteiger partial charge in [-0.2, -0.15) is 0 Å². The number of nitrogens with one attached hydrogen (secondary N) is 1. The molecule has 0 saturated heterocycles. The van der Waals surface area contributed by atoms with E-state index in [0.717, 1.165) is 10.6 Å². The number of anilines is 1. The average molecular weight is 265 g/mol. The highest BCUT2D eigenvalue weighted by molar-refractivity contribution is 8.00. The molecule has 4 heteroatoms. The number of aryl methyl sites for hydroxylation is 2. The van der Waals surface area contributed by atoms with Crippen LogP contribution in [0.1, 0.15) is 11.1 Å². The highest BCUT2D eigenvalue weighted by atomic mass is 35.5. The minimum atomic E-state index is 0.522. The number of hydrogen-bond donors (Lipinski definition) is 1. The zero-order chi connectivity index (χ0) is 12.3. The van der Waals surface area contributed by atoms with Crippen LogP contribution in [0.2, 0.25) is 5.15 Å². The predicted octanol–water partition coefficient (Wildman–Crippen LogP) is 4.47. The molecule has 2 rings (SSSR count). The van der Waals surface area contributed by atoms with Crippen molar-refractivity contribution >= 4 is 29.2 Å². The van der Waals surface area contributed by atoms with E-state index in [9.17, 15) is 0 Å². The first-order chi connectivity index (χ1) is 8.16. The molecule has 0 aliphatic rings. The van der Waals surface area contributed by atoms with E-state index in [-0.39, 0.29) is 0 Å². The topological polar surface area (TPSA) is 24.9 Å². The summed E-state index contributed by atoms with van der Waals surface area (Å²) in [5, 5.41) is 0.522. The maximum atomic E-state index is 5.98. The molecule has 0 saturated carbocycles. The zero-order valence-corrected chi connectivity index (χ0v) is 11.3. The first-order valence-electron chi connectivity index (χ1n) is 5.27. The van der Waals surface area contributed by atoms with Crippen LogP contribution >= 0.6 is 23.5 Å². The highest BCUT2D eigenvalue weighted by Gasteiger charge is 2.01. The van der Waals surface area contributed by atoms with Gasteiger partial charge in [0, 0.05) is 11.9 Å². The number of pyridine rings is 1. The first-order valence-corrected chi connectivity index (χ1v) is 6.47. The molecule has 0 bridgehead atoms. The SMILES string of the molecule is Cc1ccc(NSc2cccnc2Cl)cc1C. The van der Waals surface area contributed by atoms with E-state index in [4.69, 9.17) is 11.6 Å². The van der Waals surface area contributed by atoms with Gasteiger partial charge < -0.3 is 4.72 Å². The van der Waals surface area contributed by atoms with Gasteiger partial charge in [0.2, 0.25) is 0 Å². The van der Waals surface area contributed by atoms with Crippen molar-refractivity contribution in [3.63, 3.8) is 0 Å². The fraction of sp³-hybridized carbons (Fsp3) is 0.154. The second-order valence-electron chi connectivity index (χ2n) is 3.80. The van der Waals surface area contributed by atoms with Crippen LogP contribution in [0.3, 0.4) is 0 Å². The monoisotopic (exact) mass is 264 g/mol. The average Bonchev–Trinajstić information content (AvgIpc) is 2.32. The molecule has 1 N–H and O–H groups in total. The van der Waals surface area contributed by atoms with Gasteiger partial charge in [-0.1, -0.05) is 17.7 Å². The Morgan fingerprint density at radius 1 is 1.18 bits per heavy atom. The molecular formula is C13H13ClN2S. The van der Waals surface area contributed by atoms with Crippen LogP contribution in [0.4, 0.5) is 5.69 Å². The molecule has 1 heterocycles. The quantitative estimate of drug-likeness (QED) is 0.654. The minimum absolute atomic E-state index is 0.522. The smallest absolute Gasteiger partial charge is 0.144 e. The molecule has 17 heavy (non-hydrogen) atoms. The van der Waals surface area contributed by atoms with Gasteiger partial charge >= 0.3 is 0 Å². The summed E-state index contributed by atoms with van der Waals surface area (Å²) in [6.07, 6.45) is 1.68. The third-order valence-corrected chi connectivity index (χ3v) is 3.81. The van der Waals surface area contributed by atoms with Crippen molar-refractivity contribution < 1.29 is 0 Å². The molecule has 0 fully saturated rings. The van der Waals surface area contributed by atoms with Crippen LogP contribution in [-0.2, 0) is 0 Å². The Morgan fingerprint density at radius 2 is 2.00 bits per heavy atom. The Bertz CT molecular complexity index is 529. The van der Waals surface area contributed by atoms with Crippen LogP contribution in [0.15, 0.2) is 41.4 Å². The Morgan fingerprint density at radius 3 is 2.71 bits per heavy atom. The molecular weight excluding hydrogens is 252 g/mol. The maximum absolute atomic E-state index is 5.98. The normalized spacial score (nSPS) is 10.3. The molecule has 1 aromatic heterocycles. The Balaban J connectivity index is 2.08. The molecule has 0 aliphatic carbocycles. The van der Waals surface area contributed by atoms with Crippen LogP contribution in [0, 0.1) is 13.8 Å². The summed E-state index contributed by atoms with van der Waals surface area (Å²) < 4.78 is 3.26. The van der Waals surface area contributed by atoms with Crippen molar-refractivity contribution in [3.8, 4) is 0 Å². The number of benzene rings is 1. The summed E-state index contributed by atoms with van der Waals surface area (Å²) in [6, 6.07) is 10.1. The predicted molar refractivity (Wildman–Crippen MR) is 74.6 cm³/mol. The fourth-order valence-electron chi connectivity index (χ4n) is 1.37. The van der Waals surface area contributed by atoms with Crippen molar-refractivity contribution in [1.82, 2.24) is 4.98 Å². The number of halogens is 1. The van der Waals surface area contributed by atoms with Gasteiger partial charge in [-0.05, 0) is 61.2 Å². The third-order valence-electron chi connectivity index (χ3n) is 2.51. The van der Waals surface area contributed by atoms with Crippen molar-refractivity contribution in [3.05, 3.63) is 52.8 Å². The number of rotatable bonds is 3. The lowest BCUT2D eigenvalue weighted by molar-refractivity contribution is 1.24. The van der Waals surface area contributed by atoms with Gasteiger partial charge in [-0.3, -0.25) is 0 Å². The molecule has 0 aliphatic heterocycles. The van der Waals surface area contributed by atoms with Gasteiger partial charge in [0.25, 0.3) is 0 Å². The van der Waals surface area contributed by atoms with Gasteiger partial charge in [0.15, 0.2) is 0 Å². The third kappa shape index (κ3) is 3.14. The Labute approximate surface area is 111 Å². The van der Waals surface area contributed by atoms with Crippen LogP contribution in [0.25, 0.3) is 0 Å². The highest BCUT2D eigenvalue weighted by Crippen LogP contribution is 2.26. The number of nitrogens with zero attached hydrogens (tertiary/aromatic N) is 1. The van der Waals surface area contributed by atoms with E-state index in [2.05, 4.69) is 41.8 Å². The lowest BCUT2D eigenvalue weighted by Gasteiger charge is -2.08. The van der Waals surface area contributed by atoms with E-state index in [0.29, 0.717) is 5.15 Å². The summed E-state index contributed by atoms with van der Waals surface area (Å²) in [4.78, 5) is 4.95. The fourth-order valence-corrected chi connectivity index (χ4v) is 2.24. The van der Waals surface area contributed by atoms with Crippen LogP contribution in [0.5, 0.6) is 0 Å². The summed E-state index contributed by atoms with van der Waals surface area (Å²) in [5.74, 6) is 0. The summed E-state index contributed by atoms with van der Waals surface area (Å²) in [6.45, 7) is 4.20. The van der Waals surface area contributed by atoms with Crippen molar-refractivity contribution in [2.24, 2.45) is 0 Å². The maximum Gasteiger partial charge on any atom is 0.144 e. The van der Waals surface area contributed by atoms with Gasteiger partial charge in [0.1, 0.15) is 5.15 Å². The second kappa shape index (κ2) is 5.43. The van der Waals surface area contributed by atoms with Crippen molar-refractivity contribution in [1.29, 1.82) is 0 Å². The van der Waals surface area contributed by atoms with Gasteiger partial charge in [-0.15, -0.1) is 0 Å². The standard InChI is InChI=1S/C13H13ClN2S/c1-9-5-6-11(8-10(9)2)16-17-12-4-3-7-15-13(12)14/h3-8,16H,1-2H3. The van der Waals surface area contributed by atoms with Gasteiger partial charge in [-0.25, -0.2) is 4.98 Å². The molecule has 0 unspecified atom stereocenters.